The first-order chi connectivity index (χ1) is 9.99. The number of hydrogen-bond donors (Lipinski definition) is 2. The molecule has 0 aliphatic rings. The number of hydrogen-bond acceptors (Lipinski definition) is 3. The van der Waals surface area contributed by atoms with Crippen LogP contribution in [0.15, 0.2) is 30.3 Å². The number of aliphatic hydroxyl groups is 1. The fraction of sp³-hybridized carbons (Fsp3) is 0.375. The van der Waals surface area contributed by atoms with E-state index in [2.05, 4.69) is 10.4 Å². The van der Waals surface area contributed by atoms with E-state index in [1.165, 1.54) is 0 Å². The summed E-state index contributed by atoms with van der Waals surface area (Å²) in [6, 6.07) is 9.72. The Balaban J connectivity index is 1.92. The molecule has 0 bridgehead atoms. The van der Waals surface area contributed by atoms with Crippen LogP contribution in [0.3, 0.4) is 0 Å². The van der Waals surface area contributed by atoms with Gasteiger partial charge in [-0.25, -0.2) is 0 Å². The molecule has 0 saturated carbocycles. The maximum atomic E-state index is 12.2. The summed E-state index contributed by atoms with van der Waals surface area (Å²) in [6.45, 7) is 3.89. The van der Waals surface area contributed by atoms with Crippen LogP contribution in [0.1, 0.15) is 27.3 Å². The van der Waals surface area contributed by atoms with Crippen molar-refractivity contribution in [2.24, 2.45) is 7.05 Å². The van der Waals surface area contributed by atoms with Crippen molar-refractivity contribution in [1.29, 1.82) is 0 Å². The summed E-state index contributed by atoms with van der Waals surface area (Å²) in [7, 11) is 1.81. The molecule has 1 amide bonds. The SMILES string of the molecule is Cc1nn(C)c(C)c1C(=O)NCC(O)Cc1ccccc1. The molecule has 0 fully saturated rings. The minimum atomic E-state index is -0.603. The lowest BCUT2D eigenvalue weighted by molar-refractivity contribution is 0.0914. The summed E-state index contributed by atoms with van der Waals surface area (Å²) in [5.74, 6) is -0.190. The van der Waals surface area contributed by atoms with Crippen molar-refractivity contribution in [2.75, 3.05) is 6.54 Å². The normalized spacial score (nSPS) is 12.2. The Morgan fingerprint density at radius 3 is 2.57 bits per heavy atom. The number of benzene rings is 1. The Bertz CT molecular complexity index is 620. The van der Waals surface area contributed by atoms with Crippen molar-refractivity contribution in [3.05, 3.63) is 52.8 Å². The number of aliphatic hydroxyl groups excluding tert-OH is 1. The van der Waals surface area contributed by atoms with Gasteiger partial charge in [0, 0.05) is 25.7 Å². The molecular formula is C16H21N3O2. The molecule has 1 aromatic heterocycles. The third-order valence-electron chi connectivity index (χ3n) is 3.55. The van der Waals surface area contributed by atoms with Gasteiger partial charge in [0.25, 0.3) is 5.91 Å². The van der Waals surface area contributed by atoms with E-state index in [4.69, 9.17) is 0 Å². The lowest BCUT2D eigenvalue weighted by atomic mass is 10.1. The Hall–Kier alpha value is -2.14. The van der Waals surface area contributed by atoms with Crippen LogP contribution in [0.5, 0.6) is 0 Å². The van der Waals surface area contributed by atoms with Crippen molar-refractivity contribution in [3.8, 4) is 0 Å². The number of nitrogens with zero attached hydrogens (tertiary/aromatic N) is 2. The summed E-state index contributed by atoms with van der Waals surface area (Å²) in [5.41, 5.74) is 3.16. The number of amides is 1. The quantitative estimate of drug-likeness (QED) is 0.873. The van der Waals surface area contributed by atoms with E-state index in [1.807, 2.05) is 51.2 Å². The van der Waals surface area contributed by atoms with Gasteiger partial charge < -0.3 is 10.4 Å². The summed E-state index contributed by atoms with van der Waals surface area (Å²) < 4.78 is 1.69. The van der Waals surface area contributed by atoms with Crippen LogP contribution in [0, 0.1) is 13.8 Å². The molecule has 0 aliphatic carbocycles. The first-order valence-electron chi connectivity index (χ1n) is 6.99. The molecule has 0 radical (unpaired) electrons. The maximum absolute atomic E-state index is 12.2. The highest BCUT2D eigenvalue weighted by Crippen LogP contribution is 2.11. The summed E-state index contributed by atoms with van der Waals surface area (Å²) in [6.07, 6.45) is -0.0832. The van der Waals surface area contributed by atoms with E-state index in [9.17, 15) is 9.90 Å². The van der Waals surface area contributed by atoms with E-state index in [-0.39, 0.29) is 12.5 Å². The predicted octanol–water partition coefficient (Wildman–Crippen LogP) is 1.37. The van der Waals surface area contributed by atoms with Gasteiger partial charge >= 0.3 is 0 Å². The number of aryl methyl sites for hydroxylation is 2. The molecule has 2 aromatic rings. The minimum Gasteiger partial charge on any atom is -0.391 e. The van der Waals surface area contributed by atoms with Gasteiger partial charge in [-0.15, -0.1) is 0 Å². The van der Waals surface area contributed by atoms with Crippen LogP contribution in [0.2, 0.25) is 0 Å². The van der Waals surface area contributed by atoms with Crippen molar-refractivity contribution >= 4 is 5.91 Å². The molecule has 0 spiro atoms. The Morgan fingerprint density at radius 1 is 1.33 bits per heavy atom. The predicted molar refractivity (Wildman–Crippen MR) is 81.2 cm³/mol. The van der Waals surface area contributed by atoms with Crippen LogP contribution < -0.4 is 5.32 Å². The molecule has 5 nitrogen and oxygen atoms in total. The van der Waals surface area contributed by atoms with E-state index >= 15 is 0 Å². The highest BCUT2D eigenvalue weighted by molar-refractivity contribution is 5.96. The number of rotatable bonds is 5. The zero-order valence-electron chi connectivity index (χ0n) is 12.6. The van der Waals surface area contributed by atoms with E-state index in [0.29, 0.717) is 17.7 Å². The third-order valence-corrected chi connectivity index (χ3v) is 3.55. The van der Waals surface area contributed by atoms with Crippen LogP contribution in [0.4, 0.5) is 0 Å². The molecule has 1 unspecified atom stereocenters. The van der Waals surface area contributed by atoms with E-state index in [1.54, 1.807) is 4.68 Å². The van der Waals surface area contributed by atoms with Gasteiger partial charge in [0.1, 0.15) is 0 Å². The van der Waals surface area contributed by atoms with Gasteiger partial charge in [-0.1, -0.05) is 30.3 Å². The standard InChI is InChI=1S/C16H21N3O2/c1-11-15(12(2)19(3)18-11)16(21)17-10-14(20)9-13-7-5-4-6-8-13/h4-8,14,20H,9-10H2,1-3H3,(H,17,21). The average Bonchev–Trinajstić information content (AvgIpc) is 2.71. The minimum absolute atomic E-state index is 0.190. The lowest BCUT2D eigenvalue weighted by Gasteiger charge is -2.12. The average molecular weight is 287 g/mol. The largest absolute Gasteiger partial charge is 0.391 e. The second-order valence-corrected chi connectivity index (χ2v) is 5.22. The zero-order valence-corrected chi connectivity index (χ0v) is 12.6. The van der Waals surface area contributed by atoms with Gasteiger partial charge in [-0.3, -0.25) is 9.48 Å². The maximum Gasteiger partial charge on any atom is 0.255 e. The topological polar surface area (TPSA) is 67.2 Å². The molecule has 5 heteroatoms. The molecule has 2 N–H and O–H groups in total. The van der Waals surface area contributed by atoms with Crippen molar-refractivity contribution in [3.63, 3.8) is 0 Å². The first kappa shape index (κ1) is 15.3. The molecule has 0 saturated heterocycles. The second-order valence-electron chi connectivity index (χ2n) is 5.22. The van der Waals surface area contributed by atoms with Gasteiger partial charge in [-0.2, -0.15) is 5.10 Å². The number of nitrogens with one attached hydrogen (secondary N) is 1. The first-order valence-corrected chi connectivity index (χ1v) is 6.99. The Labute approximate surface area is 124 Å². The Morgan fingerprint density at radius 2 is 2.00 bits per heavy atom. The highest BCUT2D eigenvalue weighted by atomic mass is 16.3. The molecule has 0 aliphatic heterocycles. The third kappa shape index (κ3) is 3.70. The number of carbonyl (C=O) groups is 1. The van der Waals surface area contributed by atoms with Crippen LogP contribution in [0.25, 0.3) is 0 Å². The fourth-order valence-corrected chi connectivity index (χ4v) is 2.36. The molecule has 112 valence electrons. The van der Waals surface area contributed by atoms with Crippen LogP contribution in [-0.4, -0.2) is 33.4 Å². The van der Waals surface area contributed by atoms with Crippen LogP contribution in [-0.2, 0) is 13.5 Å². The van der Waals surface area contributed by atoms with E-state index in [0.717, 1.165) is 11.3 Å². The molecular weight excluding hydrogens is 266 g/mol. The number of carbonyl (C=O) groups excluding carboxylic acids is 1. The smallest absolute Gasteiger partial charge is 0.255 e. The van der Waals surface area contributed by atoms with Gasteiger partial charge in [0.15, 0.2) is 0 Å². The Kier molecular flexibility index (Phi) is 4.75. The van der Waals surface area contributed by atoms with Crippen molar-refractivity contribution in [2.45, 2.75) is 26.4 Å². The van der Waals surface area contributed by atoms with Gasteiger partial charge in [0.2, 0.25) is 0 Å². The van der Waals surface area contributed by atoms with E-state index < -0.39 is 6.10 Å². The molecule has 21 heavy (non-hydrogen) atoms. The molecule has 1 atom stereocenters. The monoisotopic (exact) mass is 287 g/mol. The van der Waals surface area contributed by atoms with Crippen molar-refractivity contribution < 1.29 is 9.90 Å². The summed E-state index contributed by atoms with van der Waals surface area (Å²) in [4.78, 5) is 12.2. The molecule has 1 aromatic carbocycles. The molecule has 1 heterocycles. The second kappa shape index (κ2) is 6.54. The number of aromatic nitrogens is 2. The fourth-order valence-electron chi connectivity index (χ4n) is 2.36. The van der Waals surface area contributed by atoms with Crippen LogP contribution >= 0.6 is 0 Å². The molecule has 2 rings (SSSR count). The van der Waals surface area contributed by atoms with Gasteiger partial charge in [-0.05, 0) is 19.4 Å². The lowest BCUT2D eigenvalue weighted by Crippen LogP contribution is -2.33. The van der Waals surface area contributed by atoms with Gasteiger partial charge in [0.05, 0.1) is 17.4 Å². The summed E-state index contributed by atoms with van der Waals surface area (Å²) >= 11 is 0. The highest BCUT2D eigenvalue weighted by Gasteiger charge is 2.17. The van der Waals surface area contributed by atoms with Crippen molar-refractivity contribution in [1.82, 2.24) is 15.1 Å². The summed E-state index contributed by atoms with van der Waals surface area (Å²) in [5, 5.41) is 17.0. The zero-order chi connectivity index (χ0) is 15.4.